The fourth-order valence-electron chi connectivity index (χ4n) is 6.76. The zero-order chi connectivity index (χ0) is 31.6. The van der Waals surface area contributed by atoms with E-state index in [0.717, 1.165) is 40.8 Å². The average Bonchev–Trinajstić information content (AvgIpc) is 3.42. The molecule has 0 aliphatic carbocycles. The van der Waals surface area contributed by atoms with E-state index in [1.165, 1.54) is 39.7 Å². The van der Waals surface area contributed by atoms with Gasteiger partial charge >= 0.3 is 0 Å². The summed E-state index contributed by atoms with van der Waals surface area (Å²) in [6.07, 6.45) is 5.69. The van der Waals surface area contributed by atoms with Crippen molar-refractivity contribution in [3.63, 3.8) is 0 Å². The van der Waals surface area contributed by atoms with Crippen molar-refractivity contribution in [2.24, 2.45) is 4.99 Å². The van der Waals surface area contributed by atoms with Crippen LogP contribution < -0.4 is 19.7 Å². The highest BCUT2D eigenvalue weighted by molar-refractivity contribution is 14.1. The molecule has 7 rings (SSSR count). The Labute approximate surface area is 287 Å². The van der Waals surface area contributed by atoms with Gasteiger partial charge < -0.3 is 19.7 Å². The number of carbonyl (C=O) groups is 1. The molecule has 4 aromatic carbocycles. The number of nitrogens with one attached hydrogen (secondary N) is 1. The first-order valence-corrected chi connectivity index (χ1v) is 17.4. The maximum Gasteiger partial charge on any atom is 0.264 e. The Kier molecular flexibility index (Phi) is 8.90. The Morgan fingerprint density at radius 2 is 1.61 bits per heavy atom. The van der Waals surface area contributed by atoms with E-state index >= 15 is 0 Å². The molecule has 6 nitrogen and oxygen atoms in total. The number of methoxy groups -OCH3 is 1. The van der Waals surface area contributed by atoms with Gasteiger partial charge in [-0.25, -0.2) is 4.99 Å². The van der Waals surface area contributed by atoms with E-state index in [4.69, 9.17) is 14.5 Å². The number of amides is 1. The molecule has 3 aliphatic rings. The van der Waals surface area contributed by atoms with Crippen LogP contribution in [0.2, 0.25) is 0 Å². The molecule has 1 N–H and O–H groups in total. The van der Waals surface area contributed by atoms with Crippen LogP contribution in [0.15, 0.2) is 107 Å². The number of amidine groups is 1. The van der Waals surface area contributed by atoms with Gasteiger partial charge in [-0.15, -0.1) is 0 Å². The molecule has 1 amide bonds. The Balaban J connectivity index is 1.26. The second-order valence-electron chi connectivity index (χ2n) is 11.6. The van der Waals surface area contributed by atoms with Gasteiger partial charge in [-0.05, 0) is 105 Å². The zero-order valence-electron chi connectivity index (χ0n) is 25.5. The third-order valence-electron chi connectivity index (χ3n) is 8.78. The minimum Gasteiger partial charge on any atom is -0.493 e. The van der Waals surface area contributed by atoms with Crippen LogP contribution in [0.4, 0.5) is 11.4 Å². The van der Waals surface area contributed by atoms with E-state index in [-0.39, 0.29) is 17.7 Å². The van der Waals surface area contributed by atoms with Crippen LogP contribution in [0.3, 0.4) is 0 Å². The summed E-state index contributed by atoms with van der Waals surface area (Å²) in [5, 5.41) is 3.58. The molecule has 46 heavy (non-hydrogen) atoms. The molecule has 0 bridgehead atoms. The summed E-state index contributed by atoms with van der Waals surface area (Å²) >= 11 is 3.58. The number of halogens is 1. The Bertz CT molecular complexity index is 1790. The van der Waals surface area contributed by atoms with E-state index in [9.17, 15) is 4.79 Å². The van der Waals surface area contributed by atoms with Gasteiger partial charge in [0.2, 0.25) is 0 Å². The monoisotopic (exact) mass is 739 g/mol. The molecule has 3 heterocycles. The number of rotatable bonds is 8. The Morgan fingerprint density at radius 1 is 0.978 bits per heavy atom. The predicted molar refractivity (Wildman–Crippen MR) is 197 cm³/mol. The molecule has 0 unspecified atom stereocenters. The summed E-state index contributed by atoms with van der Waals surface area (Å²) in [4.78, 5) is 21.3. The van der Waals surface area contributed by atoms with Gasteiger partial charge in [0.25, 0.3) is 5.91 Å². The fraction of sp³-hybridized carbons (Fsp3) is 0.211. The van der Waals surface area contributed by atoms with E-state index < -0.39 is 0 Å². The van der Waals surface area contributed by atoms with E-state index in [1.54, 1.807) is 13.2 Å². The fourth-order valence-corrected chi connectivity index (χ4v) is 8.38. The van der Waals surface area contributed by atoms with Crippen LogP contribution in [-0.4, -0.2) is 37.9 Å². The molecular formula is C38H34IN3O3S. The lowest BCUT2D eigenvalue weighted by atomic mass is 9.76. The first-order valence-electron chi connectivity index (χ1n) is 15.5. The number of nitrogens with zero attached hydrogens (tertiary/aromatic N) is 2. The molecule has 3 aliphatic heterocycles. The molecular weight excluding hydrogens is 705 g/mol. The summed E-state index contributed by atoms with van der Waals surface area (Å²) in [5.74, 6) is 1.68. The Hall–Kier alpha value is -4.02. The molecule has 1 saturated heterocycles. The first kappa shape index (κ1) is 30.6. The lowest BCUT2D eigenvalue weighted by Gasteiger charge is -2.43. The molecule has 0 radical (unpaired) electrons. The van der Waals surface area contributed by atoms with Crippen molar-refractivity contribution in [1.82, 2.24) is 5.32 Å². The normalized spacial score (nSPS) is 20.4. The van der Waals surface area contributed by atoms with Crippen LogP contribution in [0.25, 0.3) is 6.08 Å². The molecule has 4 aromatic rings. The maximum absolute atomic E-state index is 13.2. The summed E-state index contributed by atoms with van der Waals surface area (Å²) < 4.78 is 12.3. The van der Waals surface area contributed by atoms with Crippen LogP contribution in [-0.2, 0) is 4.79 Å². The SMILES string of the molecule is C=CCOc1c(I)cc(/C=C2\SC(=Nc3cc4c5c(c3)[C@@H](c3ccccc3)CCN5CC[C@@H]4c3ccccc3)NC2=O)cc1OC. The van der Waals surface area contributed by atoms with E-state index in [1.807, 2.05) is 18.2 Å². The summed E-state index contributed by atoms with van der Waals surface area (Å²) in [6.45, 7) is 6.19. The van der Waals surface area contributed by atoms with Gasteiger partial charge in [-0.2, -0.15) is 0 Å². The van der Waals surface area contributed by atoms with Crippen molar-refractivity contribution in [3.05, 3.63) is 134 Å². The molecule has 0 aromatic heterocycles. The van der Waals surface area contributed by atoms with E-state index in [2.05, 4.69) is 112 Å². The zero-order valence-corrected chi connectivity index (χ0v) is 28.5. The predicted octanol–water partition coefficient (Wildman–Crippen LogP) is 8.63. The van der Waals surface area contributed by atoms with Gasteiger partial charge in [0.1, 0.15) is 6.61 Å². The number of thioether (sulfide) groups is 1. The molecule has 232 valence electrons. The van der Waals surface area contributed by atoms with Crippen molar-refractivity contribution in [2.45, 2.75) is 24.7 Å². The number of carbonyl (C=O) groups excluding carboxylic acids is 1. The lowest BCUT2D eigenvalue weighted by Crippen LogP contribution is -2.37. The summed E-state index contributed by atoms with van der Waals surface area (Å²) in [6, 6.07) is 30.0. The second-order valence-corrected chi connectivity index (χ2v) is 13.8. The van der Waals surface area contributed by atoms with Crippen molar-refractivity contribution < 1.29 is 14.3 Å². The van der Waals surface area contributed by atoms with Gasteiger partial charge in [-0.1, -0.05) is 73.3 Å². The molecule has 0 spiro atoms. The minimum atomic E-state index is -0.167. The Morgan fingerprint density at radius 3 is 2.20 bits per heavy atom. The van der Waals surface area contributed by atoms with Crippen molar-refractivity contribution in [1.29, 1.82) is 0 Å². The highest BCUT2D eigenvalue weighted by Gasteiger charge is 2.35. The van der Waals surface area contributed by atoms with Gasteiger partial charge in [-0.3, -0.25) is 4.79 Å². The lowest BCUT2D eigenvalue weighted by molar-refractivity contribution is -0.115. The third kappa shape index (κ3) is 6.08. The summed E-state index contributed by atoms with van der Waals surface area (Å²) in [7, 11) is 1.61. The standard InChI is InChI=1S/C38H34IN3O3S/c1-3-18-45-36-32(39)19-24(20-33(36)44-2)21-34-37(43)41-38(46-34)40-27-22-30-28(25-10-6-4-7-11-25)14-16-42-17-15-29(31(23-27)35(30)42)26-12-8-5-9-13-26/h3-13,19-23,28-29H,1,14-18H2,2H3,(H,40,41,43)/b34-21-/t28-,29-/m1/s1. The number of anilines is 1. The number of hydrogen-bond donors (Lipinski definition) is 1. The van der Waals surface area contributed by atoms with Gasteiger partial charge in [0.15, 0.2) is 16.7 Å². The van der Waals surface area contributed by atoms with Crippen LogP contribution >= 0.6 is 34.4 Å². The molecule has 0 saturated carbocycles. The average molecular weight is 740 g/mol. The van der Waals surface area contributed by atoms with Crippen molar-refractivity contribution in [2.75, 3.05) is 31.7 Å². The number of hydrogen-bond acceptors (Lipinski definition) is 6. The number of ether oxygens (including phenoxy) is 2. The van der Waals surface area contributed by atoms with E-state index in [0.29, 0.717) is 28.2 Å². The number of aliphatic imine (C=N–C) groups is 1. The van der Waals surface area contributed by atoms with Crippen molar-refractivity contribution >= 4 is 62.9 Å². The highest BCUT2D eigenvalue weighted by Crippen LogP contribution is 2.50. The number of benzene rings is 4. The largest absolute Gasteiger partial charge is 0.493 e. The van der Waals surface area contributed by atoms with Gasteiger partial charge in [0, 0.05) is 30.6 Å². The van der Waals surface area contributed by atoms with Crippen LogP contribution in [0.1, 0.15) is 52.5 Å². The van der Waals surface area contributed by atoms with Gasteiger partial charge in [0.05, 0.1) is 21.3 Å². The first-order chi connectivity index (χ1) is 22.5. The van der Waals surface area contributed by atoms with Crippen molar-refractivity contribution in [3.8, 4) is 11.5 Å². The van der Waals surface area contributed by atoms with Crippen LogP contribution in [0, 0.1) is 3.57 Å². The quantitative estimate of drug-likeness (QED) is 0.111. The smallest absolute Gasteiger partial charge is 0.264 e. The molecule has 1 fully saturated rings. The van der Waals surface area contributed by atoms with Crippen LogP contribution in [0.5, 0.6) is 11.5 Å². The highest BCUT2D eigenvalue weighted by atomic mass is 127. The minimum absolute atomic E-state index is 0.167. The molecule has 2 atom stereocenters. The third-order valence-corrected chi connectivity index (χ3v) is 10.5. The maximum atomic E-state index is 13.2. The molecule has 8 heteroatoms. The second kappa shape index (κ2) is 13.4. The topological polar surface area (TPSA) is 63.2 Å². The summed E-state index contributed by atoms with van der Waals surface area (Å²) in [5.41, 5.74) is 8.37.